The molecule has 2 nitrogen and oxygen atoms in total. The largest absolute Gasteiger partial charge is 0.569 e. The van der Waals surface area contributed by atoms with Gasteiger partial charge in [0, 0.05) is 10.6 Å². The van der Waals surface area contributed by atoms with Gasteiger partial charge >= 0.3 is 7.69 Å². The Kier molecular flexibility index (Phi) is 3.49. The van der Waals surface area contributed by atoms with Gasteiger partial charge in [-0.1, -0.05) is 41.9 Å². The maximum absolute atomic E-state index is 8.68. The minimum Gasteiger partial charge on any atom is -0.537 e. The van der Waals surface area contributed by atoms with Crippen molar-refractivity contribution < 1.29 is 9.68 Å². The lowest BCUT2D eigenvalue weighted by molar-refractivity contribution is 0.455. The third-order valence-electron chi connectivity index (χ3n) is 2.21. The Morgan fingerprint density at radius 2 is 1.81 bits per heavy atom. The molecule has 0 heterocycles. The van der Waals surface area contributed by atoms with E-state index >= 15 is 0 Å². The highest BCUT2D eigenvalue weighted by Crippen LogP contribution is 2.32. The van der Waals surface area contributed by atoms with Crippen LogP contribution in [0, 0.1) is 0 Å². The van der Waals surface area contributed by atoms with E-state index in [1.807, 2.05) is 30.3 Å². The van der Waals surface area contributed by atoms with E-state index in [2.05, 4.69) is 0 Å². The number of benzene rings is 2. The molecule has 2 rings (SSSR count). The molecule has 0 fully saturated rings. The second-order valence-corrected chi connectivity index (χ2v) is 3.67. The summed E-state index contributed by atoms with van der Waals surface area (Å²) in [7, 11) is 0.662. The first-order valence-electron chi connectivity index (χ1n) is 4.79. The molecule has 2 aromatic rings. The van der Waals surface area contributed by atoms with E-state index in [0.717, 1.165) is 11.1 Å². The van der Waals surface area contributed by atoms with Crippen molar-refractivity contribution in [3.05, 3.63) is 53.6 Å². The minimum absolute atomic E-state index is 0.568. The van der Waals surface area contributed by atoms with Crippen LogP contribution in [0.3, 0.4) is 0 Å². The molecule has 0 saturated carbocycles. The van der Waals surface area contributed by atoms with Crippen molar-refractivity contribution in [1.29, 1.82) is 0 Å². The smallest absolute Gasteiger partial charge is 0.537 e. The van der Waals surface area contributed by atoms with Crippen LogP contribution in [0.25, 0.3) is 11.1 Å². The lowest BCUT2D eigenvalue weighted by Crippen LogP contribution is -2.01. The van der Waals surface area contributed by atoms with E-state index < -0.39 is 0 Å². The fraction of sp³-hybridized carbons (Fsp3) is 0. The molecule has 1 N–H and O–H groups in total. The van der Waals surface area contributed by atoms with Gasteiger partial charge in [0.2, 0.25) is 0 Å². The zero-order valence-electron chi connectivity index (χ0n) is 8.43. The van der Waals surface area contributed by atoms with Gasteiger partial charge in [-0.05, 0) is 23.8 Å². The summed E-state index contributed by atoms with van der Waals surface area (Å²) in [5.74, 6) is 0.568. The Hall–Kier alpha value is -1.45. The topological polar surface area (TPSA) is 29.5 Å². The molecule has 1 radical (unpaired) electrons. The molecule has 0 aliphatic carbocycles. The van der Waals surface area contributed by atoms with Gasteiger partial charge in [-0.25, -0.2) is 0 Å². The summed E-state index contributed by atoms with van der Waals surface area (Å²) < 4.78 is 5.02. The van der Waals surface area contributed by atoms with E-state index in [9.17, 15) is 0 Å². The van der Waals surface area contributed by atoms with Crippen LogP contribution in [-0.4, -0.2) is 12.7 Å². The molecule has 2 aromatic carbocycles. The summed E-state index contributed by atoms with van der Waals surface area (Å²) in [4.78, 5) is 0. The summed E-state index contributed by atoms with van der Waals surface area (Å²) >= 11 is 5.94. The minimum atomic E-state index is 0.568. The fourth-order valence-corrected chi connectivity index (χ4v) is 1.68. The molecule has 0 atom stereocenters. The van der Waals surface area contributed by atoms with Gasteiger partial charge in [-0.3, -0.25) is 0 Å². The summed E-state index contributed by atoms with van der Waals surface area (Å²) in [5, 5.41) is 9.31. The monoisotopic (exact) mass is 231 g/mol. The number of hydrogen-bond donors (Lipinski definition) is 1. The Bertz CT molecular complexity index is 474. The molecular formula is C12H9BClO2. The van der Waals surface area contributed by atoms with Gasteiger partial charge in [0.05, 0.1) is 0 Å². The first-order valence-corrected chi connectivity index (χ1v) is 5.16. The number of hydrogen-bond acceptors (Lipinski definition) is 2. The molecule has 0 spiro atoms. The van der Waals surface area contributed by atoms with Gasteiger partial charge in [0.25, 0.3) is 0 Å². The third kappa shape index (κ3) is 2.38. The average Bonchev–Trinajstić information content (AvgIpc) is 2.33. The van der Waals surface area contributed by atoms with Crippen LogP contribution in [0.5, 0.6) is 5.75 Å². The van der Waals surface area contributed by atoms with Crippen molar-refractivity contribution in [1.82, 2.24) is 0 Å². The van der Waals surface area contributed by atoms with Crippen LogP contribution in [0.2, 0.25) is 5.02 Å². The zero-order chi connectivity index (χ0) is 11.4. The van der Waals surface area contributed by atoms with Gasteiger partial charge in [-0.2, -0.15) is 0 Å². The van der Waals surface area contributed by atoms with Crippen molar-refractivity contribution in [3.63, 3.8) is 0 Å². The van der Waals surface area contributed by atoms with Crippen LogP contribution in [0.15, 0.2) is 48.5 Å². The quantitative estimate of drug-likeness (QED) is 0.823. The van der Waals surface area contributed by atoms with Gasteiger partial charge in [0.1, 0.15) is 5.75 Å². The van der Waals surface area contributed by atoms with Crippen molar-refractivity contribution in [3.8, 4) is 16.9 Å². The van der Waals surface area contributed by atoms with Crippen LogP contribution in [0.4, 0.5) is 0 Å². The lowest BCUT2D eigenvalue weighted by Gasteiger charge is -2.09. The van der Waals surface area contributed by atoms with Crippen LogP contribution < -0.4 is 4.65 Å². The van der Waals surface area contributed by atoms with Gasteiger partial charge in [-0.15, -0.1) is 0 Å². The third-order valence-corrected chi connectivity index (χ3v) is 2.44. The second kappa shape index (κ2) is 5.06. The van der Waals surface area contributed by atoms with E-state index in [4.69, 9.17) is 21.3 Å². The maximum atomic E-state index is 8.68. The molecular weight excluding hydrogens is 222 g/mol. The maximum Gasteiger partial charge on any atom is 0.569 e. The predicted molar refractivity (Wildman–Crippen MR) is 65.5 cm³/mol. The molecule has 0 saturated heterocycles. The average molecular weight is 231 g/mol. The highest BCUT2D eigenvalue weighted by atomic mass is 35.5. The van der Waals surface area contributed by atoms with E-state index in [1.165, 1.54) is 0 Å². The Morgan fingerprint density at radius 1 is 1.06 bits per heavy atom. The van der Waals surface area contributed by atoms with E-state index in [-0.39, 0.29) is 0 Å². The van der Waals surface area contributed by atoms with Crippen molar-refractivity contribution in [2.75, 3.05) is 0 Å². The number of rotatable bonds is 3. The molecule has 0 aliphatic heterocycles. The highest BCUT2D eigenvalue weighted by Gasteiger charge is 2.07. The Balaban J connectivity index is 2.49. The molecule has 0 bridgehead atoms. The molecule has 16 heavy (non-hydrogen) atoms. The predicted octanol–water partition coefficient (Wildman–Crippen LogP) is 2.91. The highest BCUT2D eigenvalue weighted by molar-refractivity contribution is 6.31. The van der Waals surface area contributed by atoms with Crippen LogP contribution >= 0.6 is 11.6 Å². The normalized spacial score (nSPS) is 9.88. The van der Waals surface area contributed by atoms with Crippen molar-refractivity contribution in [2.45, 2.75) is 0 Å². The molecule has 0 aromatic heterocycles. The SMILES string of the molecule is O[B]Oc1ccc(Cl)cc1-c1ccccc1. The number of halogens is 1. The first kappa shape index (κ1) is 11.1. The summed E-state index contributed by atoms with van der Waals surface area (Å²) in [6.07, 6.45) is 0. The van der Waals surface area contributed by atoms with Crippen molar-refractivity contribution in [2.24, 2.45) is 0 Å². The Labute approximate surface area is 99.8 Å². The summed E-state index contributed by atoms with van der Waals surface area (Å²) in [5.41, 5.74) is 1.83. The molecule has 0 amide bonds. The molecule has 79 valence electrons. The first-order chi connectivity index (χ1) is 7.81. The van der Waals surface area contributed by atoms with Gasteiger partial charge < -0.3 is 9.68 Å². The van der Waals surface area contributed by atoms with Gasteiger partial charge in [0.15, 0.2) is 0 Å². The zero-order valence-corrected chi connectivity index (χ0v) is 9.19. The van der Waals surface area contributed by atoms with Crippen molar-refractivity contribution >= 4 is 19.3 Å². The van der Waals surface area contributed by atoms with Crippen LogP contribution in [-0.2, 0) is 0 Å². The molecule has 0 unspecified atom stereocenters. The Morgan fingerprint density at radius 3 is 2.50 bits per heavy atom. The van der Waals surface area contributed by atoms with E-state index in [1.54, 1.807) is 18.2 Å². The van der Waals surface area contributed by atoms with Crippen LogP contribution in [0.1, 0.15) is 0 Å². The summed E-state index contributed by atoms with van der Waals surface area (Å²) in [6.45, 7) is 0. The fourth-order valence-electron chi connectivity index (χ4n) is 1.51. The second-order valence-electron chi connectivity index (χ2n) is 3.23. The lowest BCUT2D eigenvalue weighted by atomic mass is 10.0. The molecule has 4 heteroatoms. The molecule has 0 aliphatic rings. The summed E-state index contributed by atoms with van der Waals surface area (Å²) in [6, 6.07) is 14.9. The standard InChI is InChI=1S/C12H9BClO2/c14-10-6-7-12(16-13-15)11(8-10)9-4-2-1-3-5-9/h1-8,15H. The van der Waals surface area contributed by atoms with E-state index in [0.29, 0.717) is 18.5 Å².